The number of benzene rings is 1. The fourth-order valence-corrected chi connectivity index (χ4v) is 3.50. The molecule has 1 aliphatic rings. The standard InChI is InChI=1S/C18H25NO5.CH2O2/c1-2-8-18(17(23)24)12-19(9-7-15(18)20)11-14-5-3-13(4-6-14)10-16(21)22;2-1-3/h3-6,15,20H,2,7-12H2,1H3,(H,21,22)(H,23,24);1H,(H,2,3)/t15-,18+;/m0./s1. The van der Waals surface area contributed by atoms with Gasteiger partial charge in [0.1, 0.15) is 5.41 Å². The Labute approximate surface area is 158 Å². The van der Waals surface area contributed by atoms with E-state index in [1.807, 2.05) is 19.1 Å². The molecule has 8 heteroatoms. The number of aliphatic carboxylic acids is 2. The second kappa shape index (κ2) is 10.6. The molecule has 150 valence electrons. The Morgan fingerprint density at radius 2 is 1.78 bits per heavy atom. The number of nitrogens with zero attached hydrogens (tertiary/aromatic N) is 1. The molecule has 2 atom stereocenters. The van der Waals surface area contributed by atoms with Crippen LogP contribution in [0, 0.1) is 5.41 Å². The van der Waals surface area contributed by atoms with Gasteiger partial charge in [-0.1, -0.05) is 37.6 Å². The lowest BCUT2D eigenvalue weighted by Crippen LogP contribution is -2.55. The van der Waals surface area contributed by atoms with Crippen molar-refractivity contribution in [1.82, 2.24) is 4.90 Å². The highest BCUT2D eigenvalue weighted by atomic mass is 16.4. The molecule has 4 N–H and O–H groups in total. The molecule has 1 aromatic carbocycles. The van der Waals surface area contributed by atoms with Gasteiger partial charge in [-0.2, -0.15) is 0 Å². The third-order valence-electron chi connectivity index (χ3n) is 4.77. The van der Waals surface area contributed by atoms with E-state index < -0.39 is 23.5 Å². The van der Waals surface area contributed by atoms with E-state index in [2.05, 4.69) is 4.90 Å². The molecule has 1 aromatic rings. The molecule has 1 aliphatic heterocycles. The Kier molecular flexibility index (Phi) is 8.90. The van der Waals surface area contributed by atoms with Crippen LogP contribution >= 0.6 is 0 Å². The predicted octanol–water partition coefficient (Wildman–Crippen LogP) is 1.45. The van der Waals surface area contributed by atoms with E-state index >= 15 is 0 Å². The number of carboxylic acid groups (broad SMARTS) is 3. The van der Waals surface area contributed by atoms with Crippen LogP contribution in [0.4, 0.5) is 0 Å². The fraction of sp³-hybridized carbons (Fsp3) is 0.526. The van der Waals surface area contributed by atoms with Crippen LogP contribution in [-0.2, 0) is 27.3 Å². The van der Waals surface area contributed by atoms with Gasteiger partial charge in [0.05, 0.1) is 12.5 Å². The van der Waals surface area contributed by atoms with E-state index in [1.54, 1.807) is 12.1 Å². The highest BCUT2D eigenvalue weighted by molar-refractivity contribution is 5.76. The average molecular weight is 381 g/mol. The van der Waals surface area contributed by atoms with E-state index in [0.29, 0.717) is 38.9 Å². The zero-order chi connectivity index (χ0) is 20.4. The molecule has 0 spiro atoms. The highest BCUT2D eigenvalue weighted by Crippen LogP contribution is 2.36. The first kappa shape index (κ1) is 22.6. The summed E-state index contributed by atoms with van der Waals surface area (Å²) in [5.41, 5.74) is 0.651. The van der Waals surface area contributed by atoms with Crippen molar-refractivity contribution in [3.8, 4) is 0 Å². The number of rotatable bonds is 7. The van der Waals surface area contributed by atoms with Gasteiger partial charge in [-0.25, -0.2) is 0 Å². The molecule has 0 unspecified atom stereocenters. The summed E-state index contributed by atoms with van der Waals surface area (Å²) in [4.78, 5) is 32.9. The van der Waals surface area contributed by atoms with Crippen LogP contribution < -0.4 is 0 Å². The summed E-state index contributed by atoms with van der Waals surface area (Å²) in [7, 11) is 0. The van der Waals surface area contributed by atoms with Crippen molar-refractivity contribution >= 4 is 18.4 Å². The van der Waals surface area contributed by atoms with Crippen molar-refractivity contribution in [2.45, 2.75) is 45.3 Å². The van der Waals surface area contributed by atoms with Gasteiger partial charge < -0.3 is 20.4 Å². The largest absolute Gasteiger partial charge is 0.483 e. The van der Waals surface area contributed by atoms with Gasteiger partial charge in [-0.05, 0) is 24.0 Å². The Bertz CT molecular complexity index is 631. The summed E-state index contributed by atoms with van der Waals surface area (Å²) in [6, 6.07) is 7.34. The normalized spacial score (nSPS) is 22.4. The van der Waals surface area contributed by atoms with Crippen molar-refractivity contribution < 1.29 is 34.8 Å². The quantitative estimate of drug-likeness (QED) is 0.521. The predicted molar refractivity (Wildman–Crippen MR) is 97.4 cm³/mol. The van der Waals surface area contributed by atoms with Gasteiger partial charge in [0.15, 0.2) is 0 Å². The van der Waals surface area contributed by atoms with Gasteiger partial charge in [-0.3, -0.25) is 19.3 Å². The zero-order valence-corrected chi connectivity index (χ0v) is 15.4. The van der Waals surface area contributed by atoms with Crippen LogP contribution in [0.15, 0.2) is 24.3 Å². The summed E-state index contributed by atoms with van der Waals surface area (Å²) in [5.74, 6) is -1.79. The van der Waals surface area contributed by atoms with E-state index in [-0.39, 0.29) is 12.9 Å². The number of aliphatic hydroxyl groups excluding tert-OH is 1. The Morgan fingerprint density at radius 1 is 1.22 bits per heavy atom. The first-order valence-electron chi connectivity index (χ1n) is 8.80. The maximum absolute atomic E-state index is 11.8. The van der Waals surface area contributed by atoms with E-state index in [9.17, 15) is 19.8 Å². The van der Waals surface area contributed by atoms with Crippen LogP contribution in [0.1, 0.15) is 37.3 Å². The van der Waals surface area contributed by atoms with E-state index in [0.717, 1.165) is 11.1 Å². The van der Waals surface area contributed by atoms with Crippen LogP contribution in [0.3, 0.4) is 0 Å². The molecule has 0 aromatic heterocycles. The molecule has 2 rings (SSSR count). The number of hydrogen-bond acceptors (Lipinski definition) is 5. The summed E-state index contributed by atoms with van der Waals surface area (Å²) in [6.07, 6.45) is 0.792. The van der Waals surface area contributed by atoms with Crippen LogP contribution in [0.5, 0.6) is 0 Å². The molecule has 0 radical (unpaired) electrons. The monoisotopic (exact) mass is 381 g/mol. The van der Waals surface area contributed by atoms with E-state index in [1.165, 1.54) is 0 Å². The third kappa shape index (κ3) is 6.33. The van der Waals surface area contributed by atoms with Crippen molar-refractivity contribution in [2.24, 2.45) is 5.41 Å². The molecular formula is C19H27NO7. The smallest absolute Gasteiger partial charge is 0.313 e. The molecule has 0 bridgehead atoms. The third-order valence-corrected chi connectivity index (χ3v) is 4.77. The van der Waals surface area contributed by atoms with Crippen molar-refractivity contribution in [3.05, 3.63) is 35.4 Å². The van der Waals surface area contributed by atoms with Gasteiger partial charge >= 0.3 is 11.9 Å². The molecule has 27 heavy (non-hydrogen) atoms. The molecule has 1 saturated heterocycles. The van der Waals surface area contributed by atoms with Crippen LogP contribution in [0.25, 0.3) is 0 Å². The highest BCUT2D eigenvalue weighted by Gasteiger charge is 2.48. The van der Waals surface area contributed by atoms with Gasteiger partial charge in [0, 0.05) is 19.6 Å². The van der Waals surface area contributed by atoms with Crippen molar-refractivity contribution in [2.75, 3.05) is 13.1 Å². The second-order valence-corrected chi connectivity index (χ2v) is 6.72. The zero-order valence-electron chi connectivity index (χ0n) is 15.4. The lowest BCUT2D eigenvalue weighted by atomic mass is 9.74. The van der Waals surface area contributed by atoms with E-state index in [4.69, 9.17) is 15.0 Å². The average Bonchev–Trinajstić information content (AvgIpc) is 2.60. The second-order valence-electron chi connectivity index (χ2n) is 6.72. The maximum Gasteiger partial charge on any atom is 0.313 e. The molecule has 8 nitrogen and oxygen atoms in total. The topological polar surface area (TPSA) is 135 Å². The molecule has 0 amide bonds. The maximum atomic E-state index is 11.8. The lowest BCUT2D eigenvalue weighted by Gasteiger charge is -2.43. The molecular weight excluding hydrogens is 354 g/mol. The fourth-order valence-electron chi connectivity index (χ4n) is 3.50. The number of carboxylic acids is 2. The van der Waals surface area contributed by atoms with Gasteiger partial charge in [-0.15, -0.1) is 0 Å². The van der Waals surface area contributed by atoms with Crippen LogP contribution in [0.2, 0.25) is 0 Å². The summed E-state index contributed by atoms with van der Waals surface area (Å²) in [6.45, 7) is 3.25. The minimum Gasteiger partial charge on any atom is -0.483 e. The Morgan fingerprint density at radius 3 is 2.26 bits per heavy atom. The summed E-state index contributed by atoms with van der Waals surface area (Å²) >= 11 is 0. The Balaban J connectivity index is 0.00000114. The molecule has 1 heterocycles. The number of hydrogen-bond donors (Lipinski definition) is 4. The summed E-state index contributed by atoms with van der Waals surface area (Å²) < 4.78 is 0. The van der Waals surface area contributed by atoms with Gasteiger partial charge in [0.25, 0.3) is 6.47 Å². The first-order valence-corrected chi connectivity index (χ1v) is 8.80. The lowest BCUT2D eigenvalue weighted by molar-refractivity contribution is -0.164. The minimum absolute atomic E-state index is 0.00515. The number of likely N-dealkylation sites (tertiary alicyclic amines) is 1. The van der Waals surface area contributed by atoms with Crippen LogP contribution in [-0.4, -0.2) is 62.9 Å². The first-order chi connectivity index (χ1) is 12.8. The molecule has 0 aliphatic carbocycles. The summed E-state index contributed by atoms with van der Waals surface area (Å²) in [5, 5.41) is 35.6. The van der Waals surface area contributed by atoms with Crippen molar-refractivity contribution in [3.63, 3.8) is 0 Å². The Hall–Kier alpha value is -2.45. The SMILES string of the molecule is CCC[C@@]1(C(=O)O)CN(Cc2ccc(CC(=O)O)cc2)CC[C@@H]1O.O=CO. The minimum atomic E-state index is -1.10. The van der Waals surface area contributed by atoms with Gasteiger partial charge in [0.2, 0.25) is 0 Å². The number of aliphatic hydroxyl groups is 1. The van der Waals surface area contributed by atoms with Crippen molar-refractivity contribution in [1.29, 1.82) is 0 Å². The molecule has 1 fully saturated rings. The number of piperidine rings is 1. The number of carbonyl (C=O) groups is 3. The molecule has 0 saturated carbocycles.